The van der Waals surface area contributed by atoms with Crippen LogP contribution >= 0.6 is 0 Å². The number of hydrogen-bond acceptors (Lipinski definition) is 5. The number of aromatic nitrogens is 1. The van der Waals surface area contributed by atoms with E-state index in [9.17, 15) is 22.8 Å². The molecule has 7 nitrogen and oxygen atoms in total. The molecule has 144 valence electrons. The van der Waals surface area contributed by atoms with E-state index in [0.29, 0.717) is 11.3 Å². The number of piperidine rings is 1. The number of amides is 2. The predicted octanol–water partition coefficient (Wildman–Crippen LogP) is 2.15. The van der Waals surface area contributed by atoms with E-state index >= 15 is 0 Å². The molecule has 2 bridgehead atoms. The van der Waals surface area contributed by atoms with Crippen LogP contribution in [0.4, 0.5) is 19.1 Å². The van der Waals surface area contributed by atoms with Crippen molar-refractivity contribution in [1.29, 1.82) is 0 Å². The van der Waals surface area contributed by atoms with E-state index in [4.69, 9.17) is 4.42 Å². The van der Waals surface area contributed by atoms with Gasteiger partial charge in [-0.1, -0.05) is 0 Å². The summed E-state index contributed by atoms with van der Waals surface area (Å²) in [5, 5.41) is 4.98. The van der Waals surface area contributed by atoms with E-state index in [1.807, 2.05) is 0 Å². The van der Waals surface area contributed by atoms with Crippen LogP contribution in [0, 0.1) is 5.92 Å². The Hall–Kier alpha value is -2.62. The number of nitrogens with one attached hydrogen (secondary N) is 2. The SMILES string of the molecule is O=C(NC1CC2CCN(C2)C1)c1cc2cc(NC(=O)C(F)(F)F)oc2cn1. The largest absolute Gasteiger partial charge is 0.471 e. The molecule has 2 aromatic rings. The zero-order valence-electron chi connectivity index (χ0n) is 14.2. The van der Waals surface area contributed by atoms with Gasteiger partial charge in [0.25, 0.3) is 5.91 Å². The van der Waals surface area contributed by atoms with Gasteiger partial charge >= 0.3 is 12.1 Å². The number of hydrogen-bond donors (Lipinski definition) is 2. The van der Waals surface area contributed by atoms with Gasteiger partial charge in [-0.05, 0) is 31.4 Å². The Kier molecular flexibility index (Phi) is 4.29. The summed E-state index contributed by atoms with van der Waals surface area (Å²) in [6, 6.07) is 2.71. The van der Waals surface area contributed by atoms with Gasteiger partial charge in [-0.3, -0.25) is 14.9 Å². The van der Waals surface area contributed by atoms with Crippen molar-refractivity contribution < 1.29 is 27.2 Å². The molecule has 4 rings (SSSR count). The Balaban J connectivity index is 1.46. The fraction of sp³-hybridized carbons (Fsp3) is 0.471. The molecule has 4 heterocycles. The van der Waals surface area contributed by atoms with Crippen molar-refractivity contribution in [2.24, 2.45) is 5.92 Å². The Morgan fingerprint density at radius 2 is 2.07 bits per heavy atom. The summed E-state index contributed by atoms with van der Waals surface area (Å²) in [7, 11) is 0. The minimum atomic E-state index is -5.02. The summed E-state index contributed by atoms with van der Waals surface area (Å²) < 4.78 is 42.1. The first-order valence-corrected chi connectivity index (χ1v) is 8.59. The highest BCUT2D eigenvalue weighted by molar-refractivity contribution is 5.98. The fourth-order valence-corrected chi connectivity index (χ4v) is 3.74. The summed E-state index contributed by atoms with van der Waals surface area (Å²) in [5.74, 6) is -2.22. The molecule has 0 aromatic carbocycles. The third-order valence-electron chi connectivity index (χ3n) is 4.93. The second-order valence-electron chi connectivity index (χ2n) is 6.99. The van der Waals surface area contributed by atoms with E-state index in [-0.39, 0.29) is 29.1 Å². The highest BCUT2D eigenvalue weighted by Gasteiger charge is 2.39. The molecular weight excluding hydrogens is 365 g/mol. The number of halogens is 3. The Morgan fingerprint density at radius 1 is 1.26 bits per heavy atom. The van der Waals surface area contributed by atoms with Crippen LogP contribution in [0.5, 0.6) is 0 Å². The van der Waals surface area contributed by atoms with E-state index in [1.165, 1.54) is 18.3 Å². The Bertz CT molecular complexity index is 883. The van der Waals surface area contributed by atoms with Crippen LogP contribution in [-0.2, 0) is 4.79 Å². The van der Waals surface area contributed by atoms with Gasteiger partial charge in [0.05, 0.1) is 6.20 Å². The lowest BCUT2D eigenvalue weighted by atomic mass is 9.97. The number of fused-ring (bicyclic) bond motifs is 3. The van der Waals surface area contributed by atoms with Crippen LogP contribution in [0.1, 0.15) is 23.3 Å². The van der Waals surface area contributed by atoms with Crippen LogP contribution in [0.15, 0.2) is 22.7 Å². The maximum absolute atomic E-state index is 12.5. The van der Waals surface area contributed by atoms with Gasteiger partial charge in [0.1, 0.15) is 5.69 Å². The molecule has 3 unspecified atom stereocenters. The fourth-order valence-electron chi connectivity index (χ4n) is 3.74. The molecule has 2 fully saturated rings. The lowest BCUT2D eigenvalue weighted by molar-refractivity contribution is -0.167. The summed E-state index contributed by atoms with van der Waals surface area (Å²) in [6.07, 6.45) is -1.68. The number of anilines is 1. The standard InChI is InChI=1S/C17H17F3N4O3/c18-17(19,20)16(26)23-14-5-10-4-12(21-6-13(10)27-14)15(25)22-11-3-9-1-2-24(7-9)8-11/h4-6,9,11H,1-3,7-8H2,(H,22,25)(H,23,26). The smallest absolute Gasteiger partial charge is 0.439 e. The molecule has 2 aromatic heterocycles. The molecule has 2 N–H and O–H groups in total. The highest BCUT2D eigenvalue weighted by Crippen LogP contribution is 2.28. The van der Waals surface area contributed by atoms with E-state index in [1.54, 1.807) is 5.32 Å². The second kappa shape index (κ2) is 6.52. The van der Waals surface area contributed by atoms with Crippen molar-refractivity contribution in [2.75, 3.05) is 25.0 Å². The quantitative estimate of drug-likeness (QED) is 0.850. The van der Waals surface area contributed by atoms with E-state index < -0.39 is 12.1 Å². The van der Waals surface area contributed by atoms with Gasteiger partial charge in [0, 0.05) is 30.6 Å². The van der Waals surface area contributed by atoms with Crippen molar-refractivity contribution in [3.63, 3.8) is 0 Å². The first-order valence-electron chi connectivity index (χ1n) is 8.59. The minimum absolute atomic E-state index is 0.0576. The first kappa shape index (κ1) is 17.8. The number of carbonyl (C=O) groups excluding carboxylic acids is 2. The molecule has 2 saturated heterocycles. The third kappa shape index (κ3) is 3.75. The van der Waals surface area contributed by atoms with Crippen LogP contribution in [-0.4, -0.2) is 53.6 Å². The summed E-state index contributed by atoms with van der Waals surface area (Å²) in [4.78, 5) is 29.8. The summed E-state index contributed by atoms with van der Waals surface area (Å²) in [6.45, 7) is 2.95. The monoisotopic (exact) mass is 382 g/mol. The lowest BCUT2D eigenvalue weighted by Gasteiger charge is -2.30. The van der Waals surface area contributed by atoms with Crippen molar-refractivity contribution in [3.8, 4) is 0 Å². The molecule has 27 heavy (non-hydrogen) atoms. The minimum Gasteiger partial charge on any atom is -0.439 e. The molecule has 2 aliphatic heterocycles. The third-order valence-corrected chi connectivity index (χ3v) is 4.93. The van der Waals surface area contributed by atoms with Crippen LogP contribution < -0.4 is 10.6 Å². The molecule has 2 amide bonds. The molecular formula is C17H17F3N4O3. The molecule has 0 radical (unpaired) electrons. The summed E-state index contributed by atoms with van der Waals surface area (Å²) in [5.41, 5.74) is 0.316. The van der Waals surface area contributed by atoms with Gasteiger partial charge in [-0.2, -0.15) is 13.2 Å². The van der Waals surface area contributed by atoms with Crippen LogP contribution in [0.2, 0.25) is 0 Å². The number of carbonyl (C=O) groups is 2. The molecule has 10 heteroatoms. The average Bonchev–Trinajstić information content (AvgIpc) is 3.15. The normalized spacial score (nSPS) is 24.8. The Labute approximate surface area is 151 Å². The molecule has 3 atom stereocenters. The molecule has 0 saturated carbocycles. The zero-order valence-corrected chi connectivity index (χ0v) is 14.2. The van der Waals surface area contributed by atoms with Gasteiger partial charge in [-0.15, -0.1) is 0 Å². The number of furan rings is 1. The van der Waals surface area contributed by atoms with E-state index in [2.05, 4.69) is 15.2 Å². The lowest BCUT2D eigenvalue weighted by Crippen LogP contribution is -2.47. The van der Waals surface area contributed by atoms with Crippen molar-refractivity contribution in [1.82, 2.24) is 15.2 Å². The van der Waals surface area contributed by atoms with Crippen molar-refractivity contribution in [3.05, 3.63) is 24.0 Å². The number of alkyl halides is 3. The first-order chi connectivity index (χ1) is 12.8. The topological polar surface area (TPSA) is 87.5 Å². The Morgan fingerprint density at radius 3 is 2.81 bits per heavy atom. The maximum Gasteiger partial charge on any atom is 0.471 e. The van der Waals surface area contributed by atoms with Crippen LogP contribution in [0.25, 0.3) is 11.0 Å². The van der Waals surface area contributed by atoms with Gasteiger partial charge in [0.2, 0.25) is 5.88 Å². The maximum atomic E-state index is 12.5. The highest BCUT2D eigenvalue weighted by atomic mass is 19.4. The van der Waals surface area contributed by atoms with Gasteiger partial charge < -0.3 is 14.6 Å². The van der Waals surface area contributed by atoms with Gasteiger partial charge in [-0.25, -0.2) is 4.98 Å². The average molecular weight is 382 g/mol. The van der Waals surface area contributed by atoms with Gasteiger partial charge in [0.15, 0.2) is 5.58 Å². The predicted molar refractivity (Wildman–Crippen MR) is 89.1 cm³/mol. The molecule has 0 spiro atoms. The summed E-state index contributed by atoms with van der Waals surface area (Å²) >= 11 is 0. The number of rotatable bonds is 3. The zero-order chi connectivity index (χ0) is 19.2. The number of pyridine rings is 1. The van der Waals surface area contributed by atoms with Crippen molar-refractivity contribution >= 4 is 28.7 Å². The molecule has 2 aliphatic rings. The second-order valence-corrected chi connectivity index (χ2v) is 6.99. The van der Waals surface area contributed by atoms with Crippen LogP contribution in [0.3, 0.4) is 0 Å². The molecule has 0 aliphatic carbocycles. The number of nitrogens with zero attached hydrogens (tertiary/aromatic N) is 2. The van der Waals surface area contributed by atoms with Crippen molar-refractivity contribution in [2.45, 2.75) is 25.1 Å². The van der Waals surface area contributed by atoms with E-state index in [0.717, 1.165) is 32.5 Å².